The third kappa shape index (κ3) is 5.11. The molecule has 106 valence electrons. The first kappa shape index (κ1) is 15.2. The van der Waals surface area contributed by atoms with Crippen LogP contribution < -0.4 is 16.4 Å². The molecule has 0 saturated heterocycles. The van der Waals surface area contributed by atoms with Crippen molar-refractivity contribution in [1.82, 2.24) is 15.3 Å². The van der Waals surface area contributed by atoms with Gasteiger partial charge in [-0.2, -0.15) is 0 Å². The highest BCUT2D eigenvalue weighted by Crippen LogP contribution is 2.18. The SMILES string of the molecule is CCCc1c(N)ncnc1NCC(=O)NC(C)(C)C. The molecule has 0 aliphatic carbocycles. The predicted molar refractivity (Wildman–Crippen MR) is 76.8 cm³/mol. The Morgan fingerprint density at radius 2 is 2.05 bits per heavy atom. The zero-order valence-electron chi connectivity index (χ0n) is 12.1. The van der Waals surface area contributed by atoms with Crippen molar-refractivity contribution in [2.24, 2.45) is 0 Å². The lowest BCUT2D eigenvalue weighted by Gasteiger charge is -2.21. The molecule has 1 rings (SSSR count). The Balaban J connectivity index is 2.67. The van der Waals surface area contributed by atoms with E-state index in [4.69, 9.17) is 5.73 Å². The van der Waals surface area contributed by atoms with E-state index in [1.165, 1.54) is 6.33 Å². The molecule has 1 aromatic rings. The predicted octanol–water partition coefficient (Wildman–Crippen LogP) is 1.34. The minimum Gasteiger partial charge on any atom is -0.383 e. The van der Waals surface area contributed by atoms with E-state index in [9.17, 15) is 4.79 Å². The smallest absolute Gasteiger partial charge is 0.239 e. The first-order valence-electron chi connectivity index (χ1n) is 6.47. The van der Waals surface area contributed by atoms with E-state index < -0.39 is 0 Å². The molecule has 1 aromatic heterocycles. The summed E-state index contributed by atoms with van der Waals surface area (Å²) in [5.74, 6) is 1.03. The number of amides is 1. The lowest BCUT2D eigenvalue weighted by Crippen LogP contribution is -2.43. The van der Waals surface area contributed by atoms with Crippen molar-refractivity contribution in [3.63, 3.8) is 0 Å². The zero-order valence-corrected chi connectivity index (χ0v) is 12.1. The van der Waals surface area contributed by atoms with Gasteiger partial charge in [0, 0.05) is 11.1 Å². The van der Waals surface area contributed by atoms with Gasteiger partial charge in [0.15, 0.2) is 0 Å². The third-order valence-electron chi connectivity index (χ3n) is 2.41. The molecule has 0 spiro atoms. The molecule has 0 aromatic carbocycles. The van der Waals surface area contributed by atoms with Gasteiger partial charge >= 0.3 is 0 Å². The molecule has 6 heteroatoms. The van der Waals surface area contributed by atoms with Gasteiger partial charge in [-0.25, -0.2) is 9.97 Å². The molecule has 0 aliphatic rings. The normalized spacial score (nSPS) is 11.2. The summed E-state index contributed by atoms with van der Waals surface area (Å²) in [5, 5.41) is 5.90. The van der Waals surface area contributed by atoms with Crippen LogP contribution in [0.4, 0.5) is 11.6 Å². The summed E-state index contributed by atoms with van der Waals surface area (Å²) >= 11 is 0. The summed E-state index contributed by atoms with van der Waals surface area (Å²) in [6.07, 6.45) is 3.13. The Labute approximate surface area is 114 Å². The summed E-state index contributed by atoms with van der Waals surface area (Å²) in [5.41, 5.74) is 6.45. The molecule has 0 unspecified atom stereocenters. The minimum atomic E-state index is -0.240. The molecule has 1 amide bonds. The average molecular weight is 265 g/mol. The van der Waals surface area contributed by atoms with E-state index in [0.29, 0.717) is 11.6 Å². The van der Waals surface area contributed by atoms with Gasteiger partial charge in [0.2, 0.25) is 5.91 Å². The second-order valence-corrected chi connectivity index (χ2v) is 5.49. The van der Waals surface area contributed by atoms with Crippen LogP contribution in [0.2, 0.25) is 0 Å². The lowest BCUT2D eigenvalue weighted by atomic mass is 10.1. The zero-order chi connectivity index (χ0) is 14.5. The van der Waals surface area contributed by atoms with Crippen LogP contribution in [-0.2, 0) is 11.2 Å². The van der Waals surface area contributed by atoms with Crippen molar-refractivity contribution in [2.75, 3.05) is 17.6 Å². The summed E-state index contributed by atoms with van der Waals surface area (Å²) in [7, 11) is 0. The molecule has 0 aliphatic heterocycles. The summed E-state index contributed by atoms with van der Waals surface area (Å²) in [4.78, 5) is 19.9. The van der Waals surface area contributed by atoms with Gasteiger partial charge in [-0.05, 0) is 27.2 Å². The monoisotopic (exact) mass is 265 g/mol. The average Bonchev–Trinajstić information content (AvgIpc) is 2.28. The quantitative estimate of drug-likeness (QED) is 0.747. The number of hydrogen-bond donors (Lipinski definition) is 3. The Kier molecular flexibility index (Phi) is 5.09. The maximum atomic E-state index is 11.7. The Bertz CT molecular complexity index is 439. The highest BCUT2D eigenvalue weighted by Gasteiger charge is 2.14. The fourth-order valence-electron chi connectivity index (χ4n) is 1.70. The van der Waals surface area contributed by atoms with Gasteiger partial charge in [-0.3, -0.25) is 4.79 Å². The van der Waals surface area contributed by atoms with E-state index in [0.717, 1.165) is 18.4 Å². The van der Waals surface area contributed by atoms with Crippen LogP contribution in [0.3, 0.4) is 0 Å². The van der Waals surface area contributed by atoms with Crippen molar-refractivity contribution < 1.29 is 4.79 Å². The van der Waals surface area contributed by atoms with Crippen LogP contribution in [0.25, 0.3) is 0 Å². The van der Waals surface area contributed by atoms with E-state index >= 15 is 0 Å². The number of carbonyl (C=O) groups excluding carboxylic acids is 1. The minimum absolute atomic E-state index is 0.0767. The van der Waals surface area contributed by atoms with Crippen LogP contribution in [0.1, 0.15) is 39.7 Å². The second-order valence-electron chi connectivity index (χ2n) is 5.49. The van der Waals surface area contributed by atoms with Gasteiger partial charge in [0.25, 0.3) is 0 Å². The standard InChI is InChI=1S/C13H23N5O/c1-5-6-9-11(14)16-8-17-12(9)15-7-10(19)18-13(2,3)4/h8H,5-7H2,1-4H3,(H,18,19)(H3,14,15,16,17). The molecule has 1 heterocycles. The molecule has 4 N–H and O–H groups in total. The Morgan fingerprint density at radius 3 is 2.63 bits per heavy atom. The number of carbonyl (C=O) groups is 1. The summed E-state index contributed by atoms with van der Waals surface area (Å²) in [6, 6.07) is 0. The molecule has 0 atom stereocenters. The van der Waals surface area contributed by atoms with Crippen molar-refractivity contribution in [1.29, 1.82) is 0 Å². The van der Waals surface area contributed by atoms with Crippen molar-refractivity contribution >= 4 is 17.5 Å². The first-order chi connectivity index (χ1) is 8.83. The number of aromatic nitrogens is 2. The van der Waals surface area contributed by atoms with Crippen LogP contribution in [-0.4, -0.2) is 28.0 Å². The largest absolute Gasteiger partial charge is 0.383 e. The Hall–Kier alpha value is -1.85. The van der Waals surface area contributed by atoms with E-state index in [-0.39, 0.29) is 18.0 Å². The van der Waals surface area contributed by atoms with Gasteiger partial charge in [-0.1, -0.05) is 13.3 Å². The molecule has 0 saturated carbocycles. The maximum Gasteiger partial charge on any atom is 0.239 e. The van der Waals surface area contributed by atoms with Gasteiger partial charge < -0.3 is 16.4 Å². The van der Waals surface area contributed by atoms with Crippen molar-refractivity contribution in [2.45, 2.75) is 46.1 Å². The fraction of sp³-hybridized carbons (Fsp3) is 0.615. The van der Waals surface area contributed by atoms with Crippen LogP contribution in [0.15, 0.2) is 6.33 Å². The lowest BCUT2D eigenvalue weighted by molar-refractivity contribution is -0.120. The summed E-state index contributed by atoms with van der Waals surface area (Å²) in [6.45, 7) is 8.05. The van der Waals surface area contributed by atoms with Gasteiger partial charge in [-0.15, -0.1) is 0 Å². The third-order valence-corrected chi connectivity index (χ3v) is 2.41. The van der Waals surface area contributed by atoms with Gasteiger partial charge in [0.05, 0.1) is 6.54 Å². The van der Waals surface area contributed by atoms with Crippen LogP contribution in [0.5, 0.6) is 0 Å². The fourth-order valence-corrected chi connectivity index (χ4v) is 1.70. The highest BCUT2D eigenvalue weighted by atomic mass is 16.2. The molecular formula is C13H23N5O. The van der Waals surface area contributed by atoms with Gasteiger partial charge in [0.1, 0.15) is 18.0 Å². The number of nitrogens with zero attached hydrogens (tertiary/aromatic N) is 2. The van der Waals surface area contributed by atoms with E-state index in [1.807, 2.05) is 20.8 Å². The Morgan fingerprint density at radius 1 is 1.37 bits per heavy atom. The number of nitrogens with two attached hydrogens (primary N) is 1. The van der Waals surface area contributed by atoms with E-state index in [1.54, 1.807) is 0 Å². The molecule has 0 radical (unpaired) electrons. The highest BCUT2D eigenvalue weighted by molar-refractivity contribution is 5.81. The summed E-state index contributed by atoms with van der Waals surface area (Å²) < 4.78 is 0. The molecule has 0 bridgehead atoms. The number of nitrogen functional groups attached to an aromatic ring is 1. The number of anilines is 2. The van der Waals surface area contributed by atoms with Crippen molar-refractivity contribution in [3.8, 4) is 0 Å². The second kappa shape index (κ2) is 6.36. The van der Waals surface area contributed by atoms with Crippen molar-refractivity contribution in [3.05, 3.63) is 11.9 Å². The number of nitrogens with one attached hydrogen (secondary N) is 2. The molecular weight excluding hydrogens is 242 g/mol. The van der Waals surface area contributed by atoms with Crippen LogP contribution >= 0.6 is 0 Å². The molecule has 19 heavy (non-hydrogen) atoms. The van der Waals surface area contributed by atoms with Crippen LogP contribution in [0, 0.1) is 0 Å². The van der Waals surface area contributed by atoms with E-state index in [2.05, 4.69) is 27.5 Å². The number of hydrogen-bond acceptors (Lipinski definition) is 5. The topological polar surface area (TPSA) is 92.9 Å². The molecule has 0 fully saturated rings. The number of rotatable bonds is 5. The molecule has 6 nitrogen and oxygen atoms in total. The first-order valence-corrected chi connectivity index (χ1v) is 6.47. The maximum absolute atomic E-state index is 11.7.